The third kappa shape index (κ3) is 3.26. The molecule has 4 nitrogen and oxygen atoms in total. The van der Waals surface area contributed by atoms with Gasteiger partial charge in [-0.05, 0) is 24.5 Å². The van der Waals surface area contributed by atoms with Gasteiger partial charge in [-0.3, -0.25) is 4.21 Å². The molecule has 0 fully saturated rings. The molecule has 0 aliphatic rings. The van der Waals surface area contributed by atoms with E-state index in [0.717, 1.165) is 23.9 Å². The Morgan fingerprint density at radius 2 is 2.17 bits per heavy atom. The first-order valence-corrected chi connectivity index (χ1v) is 7.98. The first-order valence-electron chi connectivity index (χ1n) is 5.63. The summed E-state index contributed by atoms with van der Waals surface area (Å²) in [6, 6.07) is 8.19. The van der Waals surface area contributed by atoms with Gasteiger partial charge in [-0.15, -0.1) is 10.2 Å². The number of hydrogen-bond donors (Lipinski definition) is 0. The van der Waals surface area contributed by atoms with Crippen molar-refractivity contribution in [2.45, 2.75) is 24.5 Å². The Morgan fingerprint density at radius 3 is 2.89 bits per heavy atom. The summed E-state index contributed by atoms with van der Waals surface area (Å²) >= 11 is 3.53. The van der Waals surface area contributed by atoms with E-state index < -0.39 is 10.8 Å². The molecule has 0 amide bonds. The number of nitrogens with zero attached hydrogens (tertiary/aromatic N) is 3. The predicted molar refractivity (Wildman–Crippen MR) is 74.8 cm³/mol. The minimum atomic E-state index is -1.08. The highest BCUT2D eigenvalue weighted by molar-refractivity contribution is 9.10. The number of hydrogen-bond acceptors (Lipinski definition) is 3. The van der Waals surface area contributed by atoms with E-state index in [4.69, 9.17) is 0 Å². The van der Waals surface area contributed by atoms with Crippen LogP contribution in [0.5, 0.6) is 0 Å². The van der Waals surface area contributed by atoms with E-state index in [-0.39, 0.29) is 0 Å². The Bertz CT molecular complexity index is 556. The van der Waals surface area contributed by atoms with Gasteiger partial charge in [0.1, 0.15) is 6.33 Å². The molecule has 18 heavy (non-hydrogen) atoms. The molecule has 96 valence electrons. The Balaban J connectivity index is 1.95. The van der Waals surface area contributed by atoms with Crippen LogP contribution >= 0.6 is 15.9 Å². The van der Waals surface area contributed by atoms with Crippen molar-refractivity contribution in [3.05, 3.63) is 40.6 Å². The summed E-state index contributed by atoms with van der Waals surface area (Å²) in [6.07, 6.45) is 5.19. The highest BCUT2D eigenvalue weighted by atomic mass is 79.9. The van der Waals surface area contributed by atoms with Crippen LogP contribution in [-0.2, 0) is 23.8 Å². The second-order valence-corrected chi connectivity index (χ2v) is 6.08. The van der Waals surface area contributed by atoms with Gasteiger partial charge in [-0.1, -0.05) is 34.1 Å². The average Bonchev–Trinajstić information content (AvgIpc) is 2.80. The largest absolute Gasteiger partial charge is 0.307 e. The minimum absolute atomic E-state index is 0.544. The fourth-order valence-corrected chi connectivity index (χ4v) is 2.88. The summed E-state index contributed by atoms with van der Waals surface area (Å²) in [4.78, 5) is 0. The molecule has 0 aliphatic heterocycles. The molecule has 0 saturated carbocycles. The molecule has 1 heterocycles. The van der Waals surface area contributed by atoms with Gasteiger partial charge in [0.25, 0.3) is 0 Å². The summed E-state index contributed by atoms with van der Waals surface area (Å²) < 4.78 is 14.4. The Hall–Kier alpha value is -1.01. The maximum Gasteiger partial charge on any atom is 0.221 e. The van der Waals surface area contributed by atoms with Crippen molar-refractivity contribution >= 4 is 26.7 Å². The number of rotatable bonds is 5. The van der Waals surface area contributed by atoms with E-state index >= 15 is 0 Å². The second kappa shape index (κ2) is 6.24. The second-order valence-electron chi connectivity index (χ2n) is 3.96. The molecule has 2 rings (SSSR count). The summed E-state index contributed by atoms with van der Waals surface area (Å²) in [7, 11) is -1.08. The molecule has 6 heteroatoms. The van der Waals surface area contributed by atoms with E-state index in [1.807, 2.05) is 22.8 Å². The van der Waals surface area contributed by atoms with Crippen molar-refractivity contribution in [3.63, 3.8) is 0 Å². The number of aryl methyl sites for hydroxylation is 2. The van der Waals surface area contributed by atoms with Gasteiger partial charge in [0, 0.05) is 17.3 Å². The van der Waals surface area contributed by atoms with Gasteiger partial charge in [-0.25, -0.2) is 0 Å². The molecular formula is C12H14BrN3OS. The van der Waals surface area contributed by atoms with E-state index in [0.29, 0.717) is 5.16 Å². The third-order valence-electron chi connectivity index (χ3n) is 2.64. The van der Waals surface area contributed by atoms with Crippen LogP contribution in [0.3, 0.4) is 0 Å². The lowest BCUT2D eigenvalue weighted by Crippen LogP contribution is -2.05. The molecule has 1 aromatic heterocycles. The van der Waals surface area contributed by atoms with Crippen molar-refractivity contribution in [3.8, 4) is 0 Å². The fraction of sp³-hybridized carbons (Fsp3) is 0.333. The molecule has 0 N–H and O–H groups in total. The minimum Gasteiger partial charge on any atom is -0.307 e. The average molecular weight is 328 g/mol. The van der Waals surface area contributed by atoms with E-state index in [1.54, 1.807) is 12.6 Å². The van der Waals surface area contributed by atoms with E-state index in [9.17, 15) is 4.21 Å². The molecule has 0 radical (unpaired) electrons. The number of benzene rings is 1. The number of aromatic nitrogens is 3. The molecule has 0 spiro atoms. The van der Waals surface area contributed by atoms with Crippen LogP contribution in [0.25, 0.3) is 0 Å². The van der Waals surface area contributed by atoms with Crippen LogP contribution in [0.15, 0.2) is 40.2 Å². The molecule has 0 bridgehead atoms. The zero-order chi connectivity index (χ0) is 13.0. The van der Waals surface area contributed by atoms with E-state index in [1.165, 1.54) is 5.56 Å². The van der Waals surface area contributed by atoms with Crippen LogP contribution in [0, 0.1) is 0 Å². The smallest absolute Gasteiger partial charge is 0.221 e. The predicted octanol–water partition coefficient (Wildman–Crippen LogP) is 2.41. The molecule has 1 atom stereocenters. The quantitative estimate of drug-likeness (QED) is 0.847. The molecule has 0 unspecified atom stereocenters. The van der Waals surface area contributed by atoms with Crippen molar-refractivity contribution in [2.75, 3.05) is 6.26 Å². The standard InChI is InChI=1S/C12H14BrN3OS/c1-18(17)12-15-14-9-16(12)8-4-6-10-5-2-3-7-11(10)13/h2-3,5,7,9H,4,6,8H2,1H3/t18-/m0/s1. The summed E-state index contributed by atoms with van der Waals surface area (Å²) in [5.74, 6) is 0. The summed E-state index contributed by atoms with van der Waals surface area (Å²) in [5.41, 5.74) is 1.28. The highest BCUT2D eigenvalue weighted by Crippen LogP contribution is 2.17. The SMILES string of the molecule is C[S@](=O)c1nncn1CCCc1ccccc1Br. The van der Waals surface area contributed by atoms with Crippen LogP contribution in [0.2, 0.25) is 0 Å². The first-order chi connectivity index (χ1) is 8.68. The zero-order valence-electron chi connectivity index (χ0n) is 10.0. The van der Waals surface area contributed by atoms with Gasteiger partial charge in [0.2, 0.25) is 5.16 Å². The van der Waals surface area contributed by atoms with Crippen LogP contribution in [0.1, 0.15) is 12.0 Å². The fourth-order valence-electron chi connectivity index (χ4n) is 1.76. The van der Waals surface area contributed by atoms with Crippen LogP contribution in [0.4, 0.5) is 0 Å². The Labute approximate surface area is 117 Å². The lowest BCUT2D eigenvalue weighted by molar-refractivity contribution is 0.583. The third-order valence-corrected chi connectivity index (χ3v) is 4.24. The zero-order valence-corrected chi connectivity index (χ0v) is 12.4. The van der Waals surface area contributed by atoms with Gasteiger partial charge in [0.05, 0.1) is 10.8 Å². The Kier molecular flexibility index (Phi) is 4.66. The monoisotopic (exact) mass is 327 g/mol. The summed E-state index contributed by atoms with van der Waals surface area (Å²) in [6.45, 7) is 0.781. The van der Waals surface area contributed by atoms with E-state index in [2.05, 4.69) is 32.2 Å². The lowest BCUT2D eigenvalue weighted by Gasteiger charge is -2.06. The normalized spacial score (nSPS) is 12.6. The summed E-state index contributed by atoms with van der Waals surface area (Å²) in [5, 5.41) is 8.20. The lowest BCUT2D eigenvalue weighted by atomic mass is 10.1. The van der Waals surface area contributed by atoms with Gasteiger partial charge >= 0.3 is 0 Å². The maximum atomic E-state index is 11.4. The van der Waals surface area contributed by atoms with Crippen molar-refractivity contribution in [2.24, 2.45) is 0 Å². The van der Waals surface area contributed by atoms with Crippen LogP contribution < -0.4 is 0 Å². The molecule has 2 aromatic rings. The topological polar surface area (TPSA) is 47.8 Å². The van der Waals surface area contributed by atoms with Gasteiger partial charge in [-0.2, -0.15) is 0 Å². The van der Waals surface area contributed by atoms with Gasteiger partial charge in [0.15, 0.2) is 0 Å². The van der Waals surface area contributed by atoms with Crippen molar-refractivity contribution in [1.82, 2.24) is 14.8 Å². The maximum absolute atomic E-state index is 11.4. The van der Waals surface area contributed by atoms with Gasteiger partial charge < -0.3 is 4.57 Å². The Morgan fingerprint density at radius 1 is 1.39 bits per heavy atom. The van der Waals surface area contributed by atoms with Crippen molar-refractivity contribution < 1.29 is 4.21 Å². The molecule has 0 aliphatic carbocycles. The van der Waals surface area contributed by atoms with Crippen molar-refractivity contribution in [1.29, 1.82) is 0 Å². The number of halogens is 1. The first kappa shape index (κ1) is 13.4. The highest BCUT2D eigenvalue weighted by Gasteiger charge is 2.07. The molecule has 0 saturated heterocycles. The molecular weight excluding hydrogens is 314 g/mol. The molecule has 1 aromatic carbocycles. The van der Waals surface area contributed by atoms with Crippen LogP contribution in [-0.4, -0.2) is 25.2 Å².